The van der Waals surface area contributed by atoms with Gasteiger partial charge in [-0.05, 0) is 137 Å². The smallest absolute Gasteiger partial charge is 0.145 e. The third-order valence-electron chi connectivity index (χ3n) is 13.4. The van der Waals surface area contributed by atoms with E-state index in [9.17, 15) is 0 Å². The monoisotopic (exact) mass is 839 g/mol. The van der Waals surface area contributed by atoms with E-state index in [1.807, 2.05) is 0 Å². The van der Waals surface area contributed by atoms with Gasteiger partial charge in [0.15, 0.2) is 0 Å². The van der Waals surface area contributed by atoms with Crippen LogP contribution in [0.4, 0.5) is 17.1 Å². The second-order valence-corrected chi connectivity index (χ2v) is 17.2. The van der Waals surface area contributed by atoms with Gasteiger partial charge in [0.25, 0.3) is 0 Å². The number of anilines is 3. The Morgan fingerprint density at radius 2 is 0.788 bits per heavy atom. The minimum absolute atomic E-state index is 0.858. The van der Waals surface area contributed by atoms with Gasteiger partial charge in [-0.3, -0.25) is 0 Å². The average molecular weight is 840 g/mol. The van der Waals surface area contributed by atoms with Gasteiger partial charge in [-0.25, -0.2) is 0 Å². The summed E-state index contributed by atoms with van der Waals surface area (Å²) in [5.41, 5.74) is 14.1. The van der Waals surface area contributed by atoms with Crippen molar-refractivity contribution in [1.29, 1.82) is 0 Å². The van der Waals surface area contributed by atoms with Crippen LogP contribution in [0.2, 0.25) is 0 Å². The Hall–Kier alpha value is -8.72. The maximum absolute atomic E-state index is 6.94. The Kier molecular flexibility index (Phi) is 8.89. The van der Waals surface area contributed by atoms with E-state index in [1.54, 1.807) is 0 Å². The molecule has 2 heteroatoms. The van der Waals surface area contributed by atoms with E-state index in [0.717, 1.165) is 61.3 Å². The highest BCUT2D eigenvalue weighted by Gasteiger charge is 2.23. The highest BCUT2D eigenvalue weighted by molar-refractivity contribution is 6.26. The molecule has 0 atom stereocenters. The highest BCUT2D eigenvalue weighted by atomic mass is 16.3. The van der Waals surface area contributed by atoms with E-state index in [1.165, 1.54) is 65.3 Å². The van der Waals surface area contributed by atoms with Gasteiger partial charge in [0.2, 0.25) is 0 Å². The van der Waals surface area contributed by atoms with Crippen LogP contribution in [0, 0.1) is 0 Å². The topological polar surface area (TPSA) is 16.4 Å². The Bertz CT molecular complexity index is 3980. The van der Waals surface area contributed by atoms with Gasteiger partial charge >= 0.3 is 0 Å². The summed E-state index contributed by atoms with van der Waals surface area (Å²) in [5.74, 6) is 0. The first-order valence-corrected chi connectivity index (χ1v) is 22.7. The normalized spacial score (nSPS) is 11.6. The van der Waals surface area contributed by atoms with Crippen LogP contribution in [-0.2, 0) is 0 Å². The summed E-state index contributed by atoms with van der Waals surface area (Å²) in [4.78, 5) is 2.43. The van der Waals surface area contributed by atoms with Crippen molar-refractivity contribution < 1.29 is 4.42 Å². The molecule has 0 aliphatic rings. The van der Waals surface area contributed by atoms with Crippen molar-refractivity contribution in [2.45, 2.75) is 0 Å². The first-order chi connectivity index (χ1) is 32.7. The van der Waals surface area contributed by atoms with Crippen molar-refractivity contribution in [2.24, 2.45) is 0 Å². The number of para-hydroxylation sites is 1. The van der Waals surface area contributed by atoms with Gasteiger partial charge < -0.3 is 9.32 Å². The zero-order chi connectivity index (χ0) is 43.6. The van der Waals surface area contributed by atoms with Crippen LogP contribution in [0.25, 0.3) is 110 Å². The van der Waals surface area contributed by atoms with Crippen LogP contribution < -0.4 is 4.90 Å². The fourth-order valence-corrected chi connectivity index (χ4v) is 10.3. The molecule has 0 bridgehead atoms. The molecule has 0 N–H and O–H groups in total. The zero-order valence-corrected chi connectivity index (χ0v) is 36.0. The Balaban J connectivity index is 1.04. The fraction of sp³-hybridized carbons (Fsp3) is 0. The molecule has 0 spiro atoms. The molecule has 66 heavy (non-hydrogen) atoms. The third-order valence-corrected chi connectivity index (χ3v) is 13.4. The number of fused-ring (bicyclic) bond motifs is 10. The maximum atomic E-state index is 6.94. The summed E-state index contributed by atoms with van der Waals surface area (Å²) in [6, 6.07) is 90.2. The molecule has 0 aliphatic carbocycles. The molecular weight excluding hydrogens is 799 g/mol. The maximum Gasteiger partial charge on any atom is 0.145 e. The average Bonchev–Trinajstić information content (AvgIpc) is 3.79. The lowest BCUT2D eigenvalue weighted by molar-refractivity contribution is 0.670. The lowest BCUT2D eigenvalue weighted by atomic mass is 9.92. The predicted octanol–water partition coefficient (Wildman–Crippen LogP) is 18.3. The lowest BCUT2D eigenvalue weighted by Gasteiger charge is -2.28. The van der Waals surface area contributed by atoms with Crippen LogP contribution in [0.1, 0.15) is 0 Å². The first-order valence-electron chi connectivity index (χ1n) is 22.7. The molecular formula is C64H41NO. The van der Waals surface area contributed by atoms with Gasteiger partial charge in [0.1, 0.15) is 11.2 Å². The predicted molar refractivity (Wildman–Crippen MR) is 280 cm³/mol. The van der Waals surface area contributed by atoms with Crippen LogP contribution in [0.15, 0.2) is 253 Å². The number of hydrogen-bond donors (Lipinski definition) is 0. The van der Waals surface area contributed by atoms with E-state index in [2.05, 4.69) is 254 Å². The Morgan fingerprint density at radius 3 is 1.53 bits per heavy atom. The molecule has 13 aromatic rings. The van der Waals surface area contributed by atoms with E-state index in [0.29, 0.717) is 0 Å². The van der Waals surface area contributed by atoms with Gasteiger partial charge in [-0.2, -0.15) is 0 Å². The van der Waals surface area contributed by atoms with Gasteiger partial charge in [0, 0.05) is 22.3 Å². The molecule has 13 rings (SSSR count). The summed E-state index contributed by atoms with van der Waals surface area (Å²) in [6.45, 7) is 0. The Labute approximate surface area is 382 Å². The van der Waals surface area contributed by atoms with Crippen molar-refractivity contribution in [3.63, 3.8) is 0 Å². The van der Waals surface area contributed by atoms with E-state index in [-0.39, 0.29) is 0 Å². The molecule has 1 heterocycles. The number of nitrogens with zero attached hydrogens (tertiary/aromatic N) is 1. The molecule has 0 saturated carbocycles. The zero-order valence-electron chi connectivity index (χ0n) is 36.0. The molecule has 308 valence electrons. The second-order valence-electron chi connectivity index (χ2n) is 17.2. The third kappa shape index (κ3) is 6.26. The van der Waals surface area contributed by atoms with Crippen LogP contribution >= 0.6 is 0 Å². The van der Waals surface area contributed by atoms with Gasteiger partial charge in [0.05, 0.1) is 11.1 Å². The molecule has 0 aliphatic heterocycles. The van der Waals surface area contributed by atoms with Crippen LogP contribution in [0.5, 0.6) is 0 Å². The summed E-state index contributed by atoms with van der Waals surface area (Å²) >= 11 is 0. The van der Waals surface area contributed by atoms with E-state index in [4.69, 9.17) is 4.42 Å². The van der Waals surface area contributed by atoms with Crippen molar-refractivity contribution in [2.75, 3.05) is 4.90 Å². The first kappa shape index (κ1) is 37.8. The van der Waals surface area contributed by atoms with Crippen molar-refractivity contribution >= 4 is 82.1 Å². The minimum Gasteiger partial charge on any atom is -0.455 e. The van der Waals surface area contributed by atoms with Crippen molar-refractivity contribution in [3.05, 3.63) is 249 Å². The largest absolute Gasteiger partial charge is 0.455 e. The van der Waals surface area contributed by atoms with E-state index >= 15 is 0 Å². The van der Waals surface area contributed by atoms with Gasteiger partial charge in [-0.15, -0.1) is 0 Å². The molecule has 0 saturated heterocycles. The summed E-state index contributed by atoms with van der Waals surface area (Å²) in [7, 11) is 0. The standard InChI is InChI=1S/C64H41NO/c1-2-17-43(18-3-1)51-24-6-7-25-52(51)47-21-15-23-50(40-47)65(61-37-36-53(48-33-32-42-16-4-5-19-44(42)38-48)64-63(61)59-30-12-13-31-62(59)66-64)49-22-14-20-45(39-49)46-34-35-58-56-28-9-8-26-54(56)55-27-10-11-29-57(55)60(58)41-46/h1-41H. The highest BCUT2D eigenvalue weighted by Crippen LogP contribution is 2.48. The molecule has 0 unspecified atom stereocenters. The molecule has 12 aromatic carbocycles. The minimum atomic E-state index is 0.858. The van der Waals surface area contributed by atoms with E-state index < -0.39 is 0 Å². The van der Waals surface area contributed by atoms with Crippen LogP contribution in [-0.4, -0.2) is 0 Å². The van der Waals surface area contributed by atoms with Gasteiger partial charge in [-0.1, -0.05) is 194 Å². The number of benzene rings is 12. The molecule has 0 radical (unpaired) electrons. The van der Waals surface area contributed by atoms with Crippen LogP contribution in [0.3, 0.4) is 0 Å². The number of hydrogen-bond acceptors (Lipinski definition) is 2. The quantitative estimate of drug-likeness (QED) is 0.149. The molecule has 0 amide bonds. The molecule has 0 fully saturated rings. The summed E-state index contributed by atoms with van der Waals surface area (Å²) in [6.07, 6.45) is 0. The van der Waals surface area contributed by atoms with Crippen molar-refractivity contribution in [3.8, 4) is 44.5 Å². The fourth-order valence-electron chi connectivity index (χ4n) is 10.3. The number of furan rings is 1. The number of rotatable bonds is 7. The lowest BCUT2D eigenvalue weighted by Crippen LogP contribution is -2.11. The molecule has 2 nitrogen and oxygen atoms in total. The SMILES string of the molecule is c1ccc(-c2ccccc2-c2cccc(N(c3cccc(-c4ccc5c6ccccc6c6ccccc6c5c4)c3)c3ccc(-c4ccc5ccccc5c4)c4oc5ccccc5c34)c2)cc1. The van der Waals surface area contributed by atoms with Crippen molar-refractivity contribution in [1.82, 2.24) is 0 Å². The Morgan fingerprint density at radius 1 is 0.273 bits per heavy atom. The summed E-state index contributed by atoms with van der Waals surface area (Å²) < 4.78 is 6.94. The second kappa shape index (κ2) is 15.5. The summed E-state index contributed by atoms with van der Waals surface area (Å²) in [5, 5.41) is 12.2. The molecule has 1 aromatic heterocycles.